The first kappa shape index (κ1) is 33.3. The fourth-order valence-corrected chi connectivity index (χ4v) is 3.29. The van der Waals surface area contributed by atoms with E-state index in [1.807, 2.05) is 0 Å². The fraction of sp³-hybridized carbons (Fsp3) is 1.00. The van der Waals surface area contributed by atoms with Gasteiger partial charge < -0.3 is 59.2 Å². The van der Waals surface area contributed by atoms with E-state index in [4.69, 9.17) is 37.9 Å². The minimum Gasteiger partial charge on any atom is -0.378 e. The second-order valence-electron chi connectivity index (χ2n) is 8.48. The molecule has 0 amide bonds. The van der Waals surface area contributed by atoms with Crippen molar-refractivity contribution in [1.82, 2.24) is 21.3 Å². The van der Waals surface area contributed by atoms with Crippen LogP contribution in [-0.2, 0) is 37.9 Å². The Hall–Kier alpha value is -0.880. The maximum Gasteiger partial charge on any atom is 0.191 e. The van der Waals surface area contributed by atoms with E-state index in [1.165, 1.54) is 0 Å². The normalized spacial score (nSPS) is 28.0. The van der Waals surface area contributed by atoms with E-state index in [9.17, 15) is 0 Å². The Morgan fingerprint density at radius 1 is 0.342 bits per heavy atom. The largest absolute Gasteiger partial charge is 0.378 e. The van der Waals surface area contributed by atoms with E-state index in [2.05, 4.69) is 31.5 Å². The number of azo groups is 1. The molecule has 2 aliphatic rings. The summed E-state index contributed by atoms with van der Waals surface area (Å²) in [5, 5.41) is 21.9. The highest BCUT2D eigenvalue weighted by Gasteiger charge is 2.12. The molecule has 0 bridgehead atoms. The number of rotatable bonds is 2. The molecule has 0 aromatic rings. The zero-order chi connectivity index (χ0) is 26.6. The van der Waals surface area contributed by atoms with E-state index >= 15 is 0 Å². The lowest BCUT2D eigenvalue weighted by Gasteiger charge is -2.17. The van der Waals surface area contributed by atoms with Crippen molar-refractivity contribution in [3.05, 3.63) is 0 Å². The number of nitrogens with zero attached hydrogens (tertiary/aromatic N) is 2. The highest BCUT2D eigenvalue weighted by atomic mass is 16.6. The summed E-state index contributed by atoms with van der Waals surface area (Å²) in [6, 6.07) is 0. The van der Waals surface area contributed by atoms with Crippen LogP contribution in [0.3, 0.4) is 0 Å². The van der Waals surface area contributed by atoms with Crippen LogP contribution in [0, 0.1) is 0 Å². The summed E-state index contributed by atoms with van der Waals surface area (Å²) >= 11 is 0. The van der Waals surface area contributed by atoms with Crippen molar-refractivity contribution in [2.45, 2.75) is 12.5 Å². The summed E-state index contributed by atoms with van der Waals surface area (Å²) in [6.45, 7) is 13.3. The van der Waals surface area contributed by atoms with Crippen LogP contribution in [0.5, 0.6) is 0 Å². The van der Waals surface area contributed by atoms with Crippen molar-refractivity contribution >= 4 is 0 Å². The van der Waals surface area contributed by atoms with Gasteiger partial charge in [0.1, 0.15) is 0 Å². The number of ether oxygens (including phenoxy) is 8. The number of nitrogens with one attached hydrogen (secondary N) is 4. The Morgan fingerprint density at radius 3 is 0.974 bits per heavy atom. The molecule has 2 atom stereocenters. The molecule has 4 N–H and O–H groups in total. The van der Waals surface area contributed by atoms with Crippen molar-refractivity contribution in [2.24, 2.45) is 10.2 Å². The topological polar surface area (TPSA) is 147 Å². The summed E-state index contributed by atoms with van der Waals surface area (Å²) in [7, 11) is 0. The van der Waals surface area contributed by atoms with Crippen molar-refractivity contribution in [1.29, 1.82) is 0 Å². The number of hydrogen-bond acceptors (Lipinski definition) is 14. The van der Waals surface area contributed by atoms with Crippen LogP contribution in [-0.4, -0.2) is 157 Å². The summed E-state index contributed by atoms with van der Waals surface area (Å²) in [4.78, 5) is 0. The molecule has 0 spiro atoms. The van der Waals surface area contributed by atoms with Crippen LogP contribution in [0.25, 0.3) is 0 Å². The summed E-state index contributed by atoms with van der Waals surface area (Å²) in [5.74, 6) is 0. The van der Waals surface area contributed by atoms with Gasteiger partial charge in [-0.2, -0.15) is 10.2 Å². The fourth-order valence-electron chi connectivity index (χ4n) is 3.29. The average Bonchev–Trinajstić information content (AvgIpc) is 2.93. The Morgan fingerprint density at radius 2 is 0.632 bits per heavy atom. The minimum atomic E-state index is -0.538. The van der Waals surface area contributed by atoms with E-state index < -0.39 is 12.5 Å². The smallest absolute Gasteiger partial charge is 0.191 e. The molecule has 14 nitrogen and oxygen atoms in total. The summed E-state index contributed by atoms with van der Waals surface area (Å²) in [5.41, 5.74) is 0. The zero-order valence-electron chi connectivity index (χ0n) is 22.9. The van der Waals surface area contributed by atoms with Gasteiger partial charge in [-0.3, -0.25) is 0 Å². The maximum atomic E-state index is 5.92. The molecule has 0 aromatic carbocycles. The van der Waals surface area contributed by atoms with Gasteiger partial charge in [-0.25, -0.2) is 0 Å². The molecule has 2 rings (SSSR count). The van der Waals surface area contributed by atoms with Crippen LogP contribution < -0.4 is 21.3 Å². The van der Waals surface area contributed by atoms with Crippen molar-refractivity contribution in [2.75, 3.05) is 145 Å². The van der Waals surface area contributed by atoms with E-state index in [1.54, 1.807) is 0 Å². The van der Waals surface area contributed by atoms with E-state index in [0.717, 1.165) is 26.2 Å². The van der Waals surface area contributed by atoms with Gasteiger partial charge in [0.15, 0.2) is 12.5 Å². The Labute approximate surface area is 227 Å². The molecule has 2 unspecified atom stereocenters. The van der Waals surface area contributed by atoms with Gasteiger partial charge in [-0.15, -0.1) is 0 Å². The van der Waals surface area contributed by atoms with Gasteiger partial charge in [0.2, 0.25) is 0 Å². The minimum absolute atomic E-state index is 0.298. The quantitative estimate of drug-likeness (QED) is 0.300. The molecule has 0 saturated carbocycles. The lowest BCUT2D eigenvalue weighted by Crippen LogP contribution is -2.30. The highest BCUT2D eigenvalue weighted by molar-refractivity contribution is 4.59. The third kappa shape index (κ3) is 21.0. The monoisotopic (exact) mass is 550 g/mol. The van der Waals surface area contributed by atoms with Crippen LogP contribution >= 0.6 is 0 Å². The average molecular weight is 551 g/mol. The van der Waals surface area contributed by atoms with E-state index in [0.29, 0.717) is 119 Å². The van der Waals surface area contributed by atoms with Gasteiger partial charge in [-0.05, 0) is 0 Å². The molecule has 0 aliphatic carbocycles. The zero-order valence-corrected chi connectivity index (χ0v) is 22.9. The molecule has 2 heterocycles. The molecule has 2 aliphatic heterocycles. The van der Waals surface area contributed by atoms with Gasteiger partial charge in [0.05, 0.1) is 92.5 Å². The maximum absolute atomic E-state index is 5.92. The van der Waals surface area contributed by atoms with Crippen LogP contribution in [0.4, 0.5) is 0 Å². The van der Waals surface area contributed by atoms with Crippen molar-refractivity contribution < 1.29 is 37.9 Å². The highest BCUT2D eigenvalue weighted by Crippen LogP contribution is 2.03. The predicted molar refractivity (Wildman–Crippen MR) is 141 cm³/mol. The predicted octanol–water partition coefficient (Wildman–Crippen LogP) is -1.39. The van der Waals surface area contributed by atoms with Gasteiger partial charge >= 0.3 is 0 Å². The third-order valence-electron chi connectivity index (χ3n) is 5.31. The van der Waals surface area contributed by atoms with Gasteiger partial charge in [0, 0.05) is 52.4 Å². The van der Waals surface area contributed by atoms with Crippen LogP contribution in [0.1, 0.15) is 0 Å². The van der Waals surface area contributed by atoms with Crippen LogP contribution in [0.2, 0.25) is 0 Å². The first-order valence-corrected chi connectivity index (χ1v) is 13.9. The SMILES string of the molecule is C1COCCOCCNCCOC(/N=N/C2COCCNCCOCCOCCNCCO2)COCCN1. The van der Waals surface area contributed by atoms with Crippen molar-refractivity contribution in [3.63, 3.8) is 0 Å². The molecule has 38 heavy (non-hydrogen) atoms. The molecule has 224 valence electrons. The molecule has 0 aromatic heterocycles. The van der Waals surface area contributed by atoms with E-state index in [-0.39, 0.29) is 0 Å². The second-order valence-corrected chi connectivity index (χ2v) is 8.48. The molecule has 14 heteroatoms. The number of hydrogen-bond donors (Lipinski definition) is 4. The van der Waals surface area contributed by atoms with Crippen molar-refractivity contribution in [3.8, 4) is 0 Å². The molecule has 2 saturated heterocycles. The van der Waals surface area contributed by atoms with Gasteiger partial charge in [-0.1, -0.05) is 0 Å². The first-order valence-electron chi connectivity index (χ1n) is 13.9. The van der Waals surface area contributed by atoms with Gasteiger partial charge in [0.25, 0.3) is 0 Å². The second kappa shape index (κ2) is 26.3. The Kier molecular flexibility index (Phi) is 23.1. The lowest BCUT2D eigenvalue weighted by molar-refractivity contribution is -0.0337. The first-order chi connectivity index (χ1) is 18.9. The summed E-state index contributed by atoms with van der Waals surface area (Å²) in [6.07, 6.45) is -1.08. The Balaban J connectivity index is 1.80. The molecular formula is C24H50N6O8. The molecule has 0 radical (unpaired) electrons. The molecular weight excluding hydrogens is 500 g/mol. The Bertz CT molecular complexity index is 460. The molecule has 2 fully saturated rings. The summed E-state index contributed by atoms with van der Waals surface area (Å²) < 4.78 is 45.5. The van der Waals surface area contributed by atoms with Crippen LogP contribution in [0.15, 0.2) is 10.2 Å². The third-order valence-corrected chi connectivity index (χ3v) is 5.31. The standard InChI is InChI=1S/C24H50N6O8/c1-9-31-17-19-33-11-3-27-7-15-37-23(21-35-13-5-25-1)29-30-24-22-36-14-6-26-2-10-32-18-20-34-12-4-28-8-16-38-24/h23-28H,1-22H2/b30-29+. The lowest BCUT2D eigenvalue weighted by atomic mass is 10.5.